The molecule has 0 aliphatic carbocycles. The van der Waals surface area contributed by atoms with Gasteiger partial charge >= 0.3 is 0 Å². The molecular formula is C11H19N3O. The van der Waals surface area contributed by atoms with Gasteiger partial charge in [-0.3, -0.25) is 0 Å². The summed E-state index contributed by atoms with van der Waals surface area (Å²) in [5.74, 6) is 0.774. The normalized spacial score (nSPS) is 14.1. The molecule has 1 aromatic rings. The van der Waals surface area contributed by atoms with E-state index in [1.807, 2.05) is 22.9 Å². The highest BCUT2D eigenvalue weighted by molar-refractivity contribution is 5.95. The predicted molar refractivity (Wildman–Crippen MR) is 61.0 cm³/mol. The summed E-state index contributed by atoms with van der Waals surface area (Å²) in [7, 11) is 0. The van der Waals surface area contributed by atoms with Gasteiger partial charge in [0, 0.05) is 12.7 Å². The van der Waals surface area contributed by atoms with Crippen LogP contribution in [-0.2, 0) is 6.54 Å². The van der Waals surface area contributed by atoms with Crippen molar-refractivity contribution in [2.45, 2.75) is 33.2 Å². The van der Waals surface area contributed by atoms with E-state index in [0.29, 0.717) is 5.92 Å². The highest BCUT2D eigenvalue weighted by Crippen LogP contribution is 2.11. The van der Waals surface area contributed by atoms with Gasteiger partial charge in [-0.25, -0.2) is 0 Å². The lowest BCUT2D eigenvalue weighted by Gasteiger charge is -2.13. The van der Waals surface area contributed by atoms with E-state index >= 15 is 0 Å². The molecule has 4 heteroatoms. The maximum absolute atomic E-state index is 8.62. The molecule has 4 nitrogen and oxygen atoms in total. The fourth-order valence-corrected chi connectivity index (χ4v) is 1.78. The molecule has 0 aliphatic heterocycles. The molecule has 3 N–H and O–H groups in total. The molecule has 0 aromatic carbocycles. The van der Waals surface area contributed by atoms with Gasteiger partial charge in [-0.1, -0.05) is 25.4 Å². The van der Waals surface area contributed by atoms with Crippen LogP contribution in [0.25, 0.3) is 0 Å². The largest absolute Gasteiger partial charge is 0.409 e. The predicted octanol–water partition coefficient (Wildman–Crippen LogP) is 2.02. The molecule has 1 unspecified atom stereocenters. The van der Waals surface area contributed by atoms with Gasteiger partial charge in [-0.15, -0.1) is 0 Å². The Morgan fingerprint density at radius 2 is 2.40 bits per heavy atom. The average molecular weight is 209 g/mol. The molecule has 0 saturated heterocycles. The fourth-order valence-electron chi connectivity index (χ4n) is 1.78. The van der Waals surface area contributed by atoms with E-state index in [9.17, 15) is 0 Å². The summed E-state index contributed by atoms with van der Waals surface area (Å²) >= 11 is 0. The first-order valence-electron chi connectivity index (χ1n) is 5.32. The molecule has 0 radical (unpaired) electrons. The van der Waals surface area contributed by atoms with Crippen molar-refractivity contribution in [2.75, 3.05) is 0 Å². The number of amidine groups is 1. The maximum atomic E-state index is 8.62. The maximum Gasteiger partial charge on any atom is 0.186 e. The van der Waals surface area contributed by atoms with E-state index < -0.39 is 0 Å². The average Bonchev–Trinajstić information content (AvgIpc) is 2.65. The second-order valence-corrected chi connectivity index (χ2v) is 3.92. The van der Waals surface area contributed by atoms with Gasteiger partial charge in [0.2, 0.25) is 0 Å². The Balaban J connectivity index is 2.73. The van der Waals surface area contributed by atoms with Crippen LogP contribution in [0.5, 0.6) is 0 Å². The van der Waals surface area contributed by atoms with Crippen LogP contribution < -0.4 is 5.73 Å². The molecule has 1 heterocycles. The van der Waals surface area contributed by atoms with E-state index in [2.05, 4.69) is 19.0 Å². The molecule has 1 aromatic heterocycles. The topological polar surface area (TPSA) is 63.5 Å². The minimum atomic E-state index is 0.170. The first-order valence-corrected chi connectivity index (χ1v) is 5.32. The molecule has 84 valence electrons. The molecule has 0 spiro atoms. The summed E-state index contributed by atoms with van der Waals surface area (Å²) in [6.07, 6.45) is 4.33. The Kier molecular flexibility index (Phi) is 4.21. The molecule has 15 heavy (non-hydrogen) atoms. The van der Waals surface area contributed by atoms with Crippen LogP contribution in [0.1, 0.15) is 32.4 Å². The van der Waals surface area contributed by atoms with Gasteiger partial charge in [0.1, 0.15) is 0 Å². The summed E-state index contributed by atoms with van der Waals surface area (Å²) < 4.78 is 2.02. The Labute approximate surface area is 90.4 Å². The molecule has 1 rings (SSSR count). The van der Waals surface area contributed by atoms with Gasteiger partial charge in [-0.05, 0) is 24.5 Å². The molecular weight excluding hydrogens is 190 g/mol. The number of hydrogen-bond acceptors (Lipinski definition) is 2. The standard InChI is InChI=1S/C11H19N3O/c1-3-5-9(2)8-14-7-4-6-10(14)11(12)13-15/h4,6-7,9,15H,3,5,8H2,1-2H3,(H2,12,13). The Bertz CT molecular complexity index is 330. The zero-order valence-corrected chi connectivity index (χ0v) is 9.35. The first-order chi connectivity index (χ1) is 7.19. The zero-order valence-electron chi connectivity index (χ0n) is 9.35. The second-order valence-electron chi connectivity index (χ2n) is 3.92. The van der Waals surface area contributed by atoms with Crippen molar-refractivity contribution in [3.05, 3.63) is 24.0 Å². The number of nitrogens with two attached hydrogens (primary N) is 1. The first kappa shape index (κ1) is 11.6. The summed E-state index contributed by atoms with van der Waals surface area (Å²) in [5.41, 5.74) is 6.35. The van der Waals surface area contributed by atoms with Crippen molar-refractivity contribution in [1.29, 1.82) is 0 Å². The SMILES string of the molecule is CCCC(C)Cn1cccc1/C(N)=N/O. The van der Waals surface area contributed by atoms with Crippen LogP contribution in [0.3, 0.4) is 0 Å². The lowest BCUT2D eigenvalue weighted by atomic mass is 10.1. The van der Waals surface area contributed by atoms with Crippen LogP contribution in [0.4, 0.5) is 0 Å². The van der Waals surface area contributed by atoms with Crippen molar-refractivity contribution in [3.63, 3.8) is 0 Å². The molecule has 0 aliphatic rings. The van der Waals surface area contributed by atoms with Gasteiger partial charge in [0.15, 0.2) is 5.84 Å². The molecule has 1 atom stereocenters. The van der Waals surface area contributed by atoms with Gasteiger partial charge in [0.25, 0.3) is 0 Å². The van der Waals surface area contributed by atoms with Gasteiger partial charge in [-0.2, -0.15) is 0 Å². The lowest BCUT2D eigenvalue weighted by molar-refractivity contribution is 0.318. The number of rotatable bonds is 5. The summed E-state index contributed by atoms with van der Waals surface area (Å²) in [4.78, 5) is 0. The fraction of sp³-hybridized carbons (Fsp3) is 0.545. The molecule has 0 saturated carbocycles. The Morgan fingerprint density at radius 1 is 1.67 bits per heavy atom. The zero-order chi connectivity index (χ0) is 11.3. The third-order valence-corrected chi connectivity index (χ3v) is 2.49. The quantitative estimate of drug-likeness (QED) is 0.337. The number of hydrogen-bond donors (Lipinski definition) is 2. The summed E-state index contributed by atoms with van der Waals surface area (Å²) in [6, 6.07) is 3.76. The summed E-state index contributed by atoms with van der Waals surface area (Å²) in [5, 5.41) is 11.6. The molecule has 0 amide bonds. The minimum absolute atomic E-state index is 0.170. The Morgan fingerprint density at radius 3 is 3.00 bits per heavy atom. The number of nitrogens with zero attached hydrogens (tertiary/aromatic N) is 2. The monoisotopic (exact) mass is 209 g/mol. The highest BCUT2D eigenvalue weighted by atomic mass is 16.4. The molecule has 0 fully saturated rings. The summed E-state index contributed by atoms with van der Waals surface area (Å²) in [6.45, 7) is 5.29. The second kappa shape index (κ2) is 5.44. The van der Waals surface area contributed by atoms with E-state index in [1.165, 1.54) is 12.8 Å². The van der Waals surface area contributed by atoms with Crippen LogP contribution in [0.15, 0.2) is 23.5 Å². The minimum Gasteiger partial charge on any atom is -0.409 e. The van der Waals surface area contributed by atoms with Crippen LogP contribution >= 0.6 is 0 Å². The third kappa shape index (κ3) is 3.01. The van der Waals surface area contributed by atoms with Gasteiger partial charge in [0.05, 0.1) is 5.69 Å². The smallest absolute Gasteiger partial charge is 0.186 e. The van der Waals surface area contributed by atoms with Crippen molar-refractivity contribution in [1.82, 2.24) is 4.57 Å². The highest BCUT2D eigenvalue weighted by Gasteiger charge is 2.08. The van der Waals surface area contributed by atoms with Gasteiger partial charge < -0.3 is 15.5 Å². The van der Waals surface area contributed by atoms with E-state index in [4.69, 9.17) is 10.9 Å². The number of aromatic nitrogens is 1. The third-order valence-electron chi connectivity index (χ3n) is 2.49. The lowest BCUT2D eigenvalue weighted by Crippen LogP contribution is -2.20. The Hall–Kier alpha value is -1.45. The van der Waals surface area contributed by atoms with Crippen LogP contribution in [0.2, 0.25) is 0 Å². The molecule has 0 bridgehead atoms. The van der Waals surface area contributed by atoms with Crippen molar-refractivity contribution in [3.8, 4) is 0 Å². The van der Waals surface area contributed by atoms with E-state index in [-0.39, 0.29) is 5.84 Å². The van der Waals surface area contributed by atoms with Crippen molar-refractivity contribution < 1.29 is 5.21 Å². The van der Waals surface area contributed by atoms with Crippen LogP contribution in [-0.4, -0.2) is 15.6 Å². The van der Waals surface area contributed by atoms with Crippen molar-refractivity contribution in [2.24, 2.45) is 16.8 Å². The van der Waals surface area contributed by atoms with Crippen molar-refractivity contribution >= 4 is 5.84 Å². The van der Waals surface area contributed by atoms with E-state index in [0.717, 1.165) is 12.2 Å². The number of oxime groups is 1. The van der Waals surface area contributed by atoms with Crippen LogP contribution in [0, 0.1) is 5.92 Å². The van der Waals surface area contributed by atoms with E-state index in [1.54, 1.807) is 0 Å².